The predicted molar refractivity (Wildman–Crippen MR) is 63.8 cm³/mol. The van der Waals surface area contributed by atoms with Crippen molar-refractivity contribution < 1.29 is 0 Å². The van der Waals surface area contributed by atoms with Gasteiger partial charge in [-0.15, -0.1) is 0 Å². The summed E-state index contributed by atoms with van der Waals surface area (Å²) in [5, 5.41) is 4.61. The predicted octanol–water partition coefficient (Wildman–Crippen LogP) is 2.50. The summed E-state index contributed by atoms with van der Waals surface area (Å²) in [5.74, 6) is 2.80. The number of thioether (sulfide) groups is 1. The van der Waals surface area contributed by atoms with Crippen molar-refractivity contribution in [3.05, 3.63) is 0 Å². The van der Waals surface area contributed by atoms with E-state index in [1.807, 2.05) is 11.8 Å². The lowest BCUT2D eigenvalue weighted by molar-refractivity contribution is 0.423. The Morgan fingerprint density at radius 3 is 2.57 bits per heavy atom. The van der Waals surface area contributed by atoms with E-state index in [0.717, 1.165) is 11.8 Å². The summed E-state index contributed by atoms with van der Waals surface area (Å²) in [7, 11) is 0. The van der Waals surface area contributed by atoms with Crippen LogP contribution in [0.2, 0.25) is 0 Å². The molecule has 0 aromatic carbocycles. The van der Waals surface area contributed by atoms with Crippen molar-refractivity contribution in [1.29, 1.82) is 0 Å². The van der Waals surface area contributed by atoms with E-state index in [9.17, 15) is 0 Å². The zero-order valence-electron chi connectivity index (χ0n) is 9.29. The average molecular weight is 212 g/mol. The molecule has 1 aliphatic heterocycles. The largest absolute Gasteiger partial charge is 0.362 e. The van der Waals surface area contributed by atoms with Crippen LogP contribution in [-0.4, -0.2) is 23.0 Å². The topological polar surface area (TPSA) is 24.4 Å². The molecule has 1 N–H and O–H groups in total. The molecule has 1 saturated heterocycles. The Hall–Kier alpha value is -0.180. The van der Waals surface area contributed by atoms with Gasteiger partial charge in [-0.05, 0) is 31.6 Å². The van der Waals surface area contributed by atoms with Gasteiger partial charge in [0, 0.05) is 11.8 Å². The van der Waals surface area contributed by atoms with Crippen molar-refractivity contribution >= 4 is 16.9 Å². The van der Waals surface area contributed by atoms with Gasteiger partial charge in [-0.1, -0.05) is 25.6 Å². The SMILES string of the molecule is CC1CSC(=NC2CCC(C)C2C)N1. The number of nitrogens with one attached hydrogen (secondary N) is 1. The first-order valence-electron chi connectivity index (χ1n) is 5.64. The van der Waals surface area contributed by atoms with E-state index in [0.29, 0.717) is 12.1 Å². The molecular weight excluding hydrogens is 192 g/mol. The molecule has 0 radical (unpaired) electrons. The van der Waals surface area contributed by atoms with Gasteiger partial charge < -0.3 is 5.32 Å². The number of aliphatic imine (C=N–C) groups is 1. The van der Waals surface area contributed by atoms with Crippen LogP contribution >= 0.6 is 11.8 Å². The summed E-state index contributed by atoms with van der Waals surface area (Å²) in [5.41, 5.74) is 0. The number of hydrogen-bond donors (Lipinski definition) is 1. The van der Waals surface area contributed by atoms with E-state index >= 15 is 0 Å². The quantitative estimate of drug-likeness (QED) is 0.722. The molecule has 4 atom stereocenters. The molecule has 14 heavy (non-hydrogen) atoms. The number of hydrogen-bond acceptors (Lipinski definition) is 2. The molecule has 0 aromatic heterocycles. The molecule has 2 fully saturated rings. The van der Waals surface area contributed by atoms with Gasteiger partial charge in [0.1, 0.15) is 0 Å². The van der Waals surface area contributed by atoms with Gasteiger partial charge in [-0.25, -0.2) is 0 Å². The molecule has 0 spiro atoms. The Bertz CT molecular complexity index is 239. The normalized spacial score (nSPS) is 45.8. The van der Waals surface area contributed by atoms with Gasteiger partial charge >= 0.3 is 0 Å². The van der Waals surface area contributed by atoms with E-state index in [1.54, 1.807) is 0 Å². The zero-order chi connectivity index (χ0) is 10.1. The highest BCUT2D eigenvalue weighted by atomic mass is 32.2. The summed E-state index contributed by atoms with van der Waals surface area (Å²) in [4.78, 5) is 4.83. The van der Waals surface area contributed by atoms with Crippen LogP contribution in [0, 0.1) is 11.8 Å². The smallest absolute Gasteiger partial charge is 0.157 e. The lowest BCUT2D eigenvalue weighted by Gasteiger charge is -2.14. The molecule has 2 rings (SSSR count). The Morgan fingerprint density at radius 1 is 1.29 bits per heavy atom. The second-order valence-corrected chi connectivity index (χ2v) is 5.78. The highest BCUT2D eigenvalue weighted by Crippen LogP contribution is 2.34. The first kappa shape index (κ1) is 10.3. The summed E-state index contributed by atoms with van der Waals surface area (Å²) < 4.78 is 0. The zero-order valence-corrected chi connectivity index (χ0v) is 10.1. The van der Waals surface area contributed by atoms with Crippen LogP contribution in [0.5, 0.6) is 0 Å². The maximum absolute atomic E-state index is 4.83. The van der Waals surface area contributed by atoms with Gasteiger partial charge in [0.15, 0.2) is 5.17 Å². The molecule has 0 bridgehead atoms. The van der Waals surface area contributed by atoms with Crippen LogP contribution in [0.3, 0.4) is 0 Å². The molecule has 0 amide bonds. The number of amidine groups is 1. The fourth-order valence-electron chi connectivity index (χ4n) is 2.24. The Balaban J connectivity index is 1.97. The van der Waals surface area contributed by atoms with Crippen molar-refractivity contribution in [1.82, 2.24) is 5.32 Å². The van der Waals surface area contributed by atoms with Crippen molar-refractivity contribution in [3.8, 4) is 0 Å². The summed E-state index contributed by atoms with van der Waals surface area (Å²) in [6.07, 6.45) is 2.63. The molecule has 1 heterocycles. The Kier molecular flexibility index (Phi) is 3.05. The van der Waals surface area contributed by atoms with Gasteiger partial charge in [-0.3, -0.25) is 4.99 Å². The van der Waals surface area contributed by atoms with Gasteiger partial charge in [-0.2, -0.15) is 0 Å². The third-order valence-electron chi connectivity index (χ3n) is 3.55. The van der Waals surface area contributed by atoms with Crippen molar-refractivity contribution in [3.63, 3.8) is 0 Å². The van der Waals surface area contributed by atoms with E-state index in [-0.39, 0.29) is 0 Å². The van der Waals surface area contributed by atoms with Gasteiger partial charge in [0.05, 0.1) is 6.04 Å². The van der Waals surface area contributed by atoms with Crippen LogP contribution in [0.15, 0.2) is 4.99 Å². The highest BCUT2D eigenvalue weighted by molar-refractivity contribution is 8.14. The van der Waals surface area contributed by atoms with Crippen LogP contribution in [0.1, 0.15) is 33.6 Å². The van der Waals surface area contributed by atoms with Crippen molar-refractivity contribution in [2.75, 3.05) is 5.75 Å². The minimum Gasteiger partial charge on any atom is -0.362 e. The molecular formula is C11H20N2S. The third-order valence-corrected chi connectivity index (χ3v) is 4.71. The van der Waals surface area contributed by atoms with Crippen LogP contribution in [0.4, 0.5) is 0 Å². The summed E-state index contributed by atoms with van der Waals surface area (Å²) in [6.45, 7) is 6.91. The van der Waals surface area contributed by atoms with Crippen LogP contribution in [0.25, 0.3) is 0 Å². The van der Waals surface area contributed by atoms with E-state index in [4.69, 9.17) is 4.99 Å². The first-order chi connectivity index (χ1) is 6.66. The number of nitrogens with zero attached hydrogens (tertiary/aromatic N) is 1. The third kappa shape index (κ3) is 2.08. The molecule has 1 saturated carbocycles. The lowest BCUT2D eigenvalue weighted by Crippen LogP contribution is -2.25. The maximum Gasteiger partial charge on any atom is 0.157 e. The van der Waals surface area contributed by atoms with Crippen LogP contribution in [-0.2, 0) is 0 Å². The monoisotopic (exact) mass is 212 g/mol. The second kappa shape index (κ2) is 4.13. The first-order valence-corrected chi connectivity index (χ1v) is 6.62. The van der Waals surface area contributed by atoms with E-state index in [1.165, 1.54) is 23.8 Å². The molecule has 0 aromatic rings. The summed E-state index contributed by atoms with van der Waals surface area (Å²) >= 11 is 1.88. The van der Waals surface area contributed by atoms with Crippen LogP contribution < -0.4 is 5.32 Å². The minimum atomic E-state index is 0.574. The van der Waals surface area contributed by atoms with Gasteiger partial charge in [0.2, 0.25) is 0 Å². The molecule has 1 aliphatic carbocycles. The number of rotatable bonds is 1. The minimum absolute atomic E-state index is 0.574. The summed E-state index contributed by atoms with van der Waals surface area (Å²) in [6, 6.07) is 1.18. The Labute approximate surface area is 90.9 Å². The molecule has 2 nitrogen and oxygen atoms in total. The fraction of sp³-hybridized carbons (Fsp3) is 0.909. The molecule has 80 valence electrons. The fourth-order valence-corrected chi connectivity index (χ4v) is 3.23. The lowest BCUT2D eigenvalue weighted by atomic mass is 9.98. The maximum atomic E-state index is 4.83. The standard InChI is InChI=1S/C11H20N2S/c1-7-4-5-10(9(7)3)13-11-12-8(2)6-14-11/h7-10H,4-6H2,1-3H3,(H,12,13). The highest BCUT2D eigenvalue weighted by Gasteiger charge is 2.30. The molecule has 4 unspecified atom stereocenters. The molecule has 3 heteroatoms. The van der Waals surface area contributed by atoms with Crippen molar-refractivity contribution in [2.45, 2.75) is 45.7 Å². The Morgan fingerprint density at radius 2 is 2.07 bits per heavy atom. The van der Waals surface area contributed by atoms with E-state index in [2.05, 4.69) is 26.1 Å². The van der Waals surface area contributed by atoms with Crippen molar-refractivity contribution in [2.24, 2.45) is 16.8 Å². The average Bonchev–Trinajstić information content (AvgIpc) is 2.67. The molecule has 2 aliphatic rings. The second-order valence-electron chi connectivity index (χ2n) is 4.77. The van der Waals surface area contributed by atoms with Gasteiger partial charge in [0.25, 0.3) is 0 Å². The van der Waals surface area contributed by atoms with E-state index < -0.39 is 0 Å².